The van der Waals surface area contributed by atoms with E-state index in [-0.39, 0.29) is 0 Å². The van der Waals surface area contributed by atoms with Crippen LogP contribution in [0.25, 0.3) is 0 Å². The van der Waals surface area contributed by atoms with Gasteiger partial charge >= 0.3 is 0 Å². The van der Waals surface area contributed by atoms with Gasteiger partial charge in [-0.3, -0.25) is 0 Å². The van der Waals surface area contributed by atoms with Gasteiger partial charge in [0.25, 0.3) is 0 Å². The smallest absolute Gasteiger partial charge is 0.225 e. The van der Waals surface area contributed by atoms with E-state index in [9.17, 15) is 0 Å². The number of hydrogen-bond donors (Lipinski definition) is 2. The van der Waals surface area contributed by atoms with Crippen molar-refractivity contribution in [2.24, 2.45) is 0 Å². The normalized spacial score (nSPS) is 22.9. The predicted octanol–water partition coefficient (Wildman–Crippen LogP) is 0.757. The van der Waals surface area contributed by atoms with E-state index in [0.29, 0.717) is 6.04 Å². The van der Waals surface area contributed by atoms with E-state index in [4.69, 9.17) is 4.52 Å². The molecule has 66 valence electrons. The van der Waals surface area contributed by atoms with Crippen molar-refractivity contribution in [3.05, 3.63) is 11.8 Å². The summed E-state index contributed by atoms with van der Waals surface area (Å²) in [6.07, 6.45) is 1.15. The van der Waals surface area contributed by atoms with Crippen molar-refractivity contribution in [3.63, 3.8) is 0 Å². The zero-order valence-corrected chi connectivity index (χ0v) is 7.13. The van der Waals surface area contributed by atoms with Crippen LogP contribution in [0, 0.1) is 6.92 Å². The lowest BCUT2D eigenvalue weighted by Crippen LogP contribution is -2.21. The highest BCUT2D eigenvalue weighted by atomic mass is 16.5. The van der Waals surface area contributed by atoms with Gasteiger partial charge in [-0.15, -0.1) is 0 Å². The molecule has 1 aromatic rings. The van der Waals surface area contributed by atoms with Crippen LogP contribution in [0.2, 0.25) is 0 Å². The van der Waals surface area contributed by atoms with E-state index in [1.807, 2.05) is 13.0 Å². The van der Waals surface area contributed by atoms with E-state index >= 15 is 0 Å². The van der Waals surface area contributed by atoms with Crippen LogP contribution in [-0.4, -0.2) is 24.3 Å². The lowest BCUT2D eigenvalue weighted by Gasteiger charge is -2.07. The largest absolute Gasteiger partial charge is 0.350 e. The highest BCUT2D eigenvalue weighted by Gasteiger charge is 2.15. The van der Waals surface area contributed by atoms with Gasteiger partial charge in [0.2, 0.25) is 5.88 Å². The van der Waals surface area contributed by atoms with Gasteiger partial charge in [0.15, 0.2) is 0 Å². The van der Waals surface area contributed by atoms with Crippen molar-refractivity contribution < 1.29 is 4.52 Å². The second-order valence-corrected chi connectivity index (χ2v) is 3.17. The van der Waals surface area contributed by atoms with Crippen LogP contribution in [0.1, 0.15) is 12.1 Å². The molecule has 0 amide bonds. The first-order chi connectivity index (χ1) is 5.84. The number of aromatic nitrogens is 1. The SMILES string of the molecule is Cc1cc(N[C@@H]2CCNC2)on1. The zero-order valence-electron chi connectivity index (χ0n) is 7.13. The molecule has 1 atom stereocenters. The average molecular weight is 167 g/mol. The summed E-state index contributed by atoms with van der Waals surface area (Å²) in [6, 6.07) is 2.41. The lowest BCUT2D eigenvalue weighted by molar-refractivity contribution is 0.423. The van der Waals surface area contributed by atoms with Gasteiger partial charge in [0.1, 0.15) is 0 Å². The van der Waals surface area contributed by atoms with Crippen molar-refractivity contribution in [2.45, 2.75) is 19.4 Å². The molecule has 1 fully saturated rings. The molecule has 1 aliphatic rings. The Hall–Kier alpha value is -1.03. The topological polar surface area (TPSA) is 50.1 Å². The Morgan fingerprint density at radius 2 is 2.67 bits per heavy atom. The first kappa shape index (κ1) is 7.61. The first-order valence-electron chi connectivity index (χ1n) is 4.25. The molecule has 0 aromatic carbocycles. The molecule has 1 aliphatic heterocycles. The number of rotatable bonds is 2. The number of nitrogens with one attached hydrogen (secondary N) is 2. The Morgan fingerprint density at radius 1 is 1.75 bits per heavy atom. The van der Waals surface area contributed by atoms with Crippen molar-refractivity contribution in [3.8, 4) is 0 Å². The molecule has 2 rings (SSSR count). The van der Waals surface area contributed by atoms with Crippen LogP contribution in [0.4, 0.5) is 5.88 Å². The molecule has 12 heavy (non-hydrogen) atoms. The minimum atomic E-state index is 0.498. The van der Waals surface area contributed by atoms with Crippen LogP contribution >= 0.6 is 0 Å². The first-order valence-corrected chi connectivity index (χ1v) is 4.25. The van der Waals surface area contributed by atoms with Crippen LogP contribution in [0.15, 0.2) is 10.6 Å². The minimum absolute atomic E-state index is 0.498. The monoisotopic (exact) mass is 167 g/mol. The van der Waals surface area contributed by atoms with Crippen LogP contribution in [0.3, 0.4) is 0 Å². The molecule has 0 saturated carbocycles. The third kappa shape index (κ3) is 1.58. The molecule has 0 aliphatic carbocycles. The highest BCUT2D eigenvalue weighted by molar-refractivity contribution is 5.32. The Bertz CT molecular complexity index is 253. The van der Waals surface area contributed by atoms with Crippen molar-refractivity contribution in [2.75, 3.05) is 18.4 Å². The summed E-state index contributed by atoms with van der Waals surface area (Å²) in [5.74, 6) is 0.779. The molecule has 1 aromatic heterocycles. The molecule has 2 N–H and O–H groups in total. The van der Waals surface area contributed by atoms with Crippen molar-refractivity contribution >= 4 is 5.88 Å². The van der Waals surface area contributed by atoms with Crippen LogP contribution in [0.5, 0.6) is 0 Å². The van der Waals surface area contributed by atoms with Crippen molar-refractivity contribution in [1.82, 2.24) is 10.5 Å². The van der Waals surface area contributed by atoms with E-state index < -0.39 is 0 Å². The molecular formula is C8H13N3O. The maximum Gasteiger partial charge on any atom is 0.225 e. The number of anilines is 1. The molecule has 0 spiro atoms. The van der Waals surface area contributed by atoms with Gasteiger partial charge in [-0.25, -0.2) is 0 Å². The van der Waals surface area contributed by atoms with Gasteiger partial charge < -0.3 is 15.2 Å². The molecular weight excluding hydrogens is 154 g/mol. The Balaban J connectivity index is 1.94. The summed E-state index contributed by atoms with van der Waals surface area (Å²) in [6.45, 7) is 4.02. The predicted molar refractivity (Wildman–Crippen MR) is 46.1 cm³/mol. The second-order valence-electron chi connectivity index (χ2n) is 3.17. The summed E-state index contributed by atoms with van der Waals surface area (Å²) in [5.41, 5.74) is 0.920. The Labute approximate surface area is 71.3 Å². The van der Waals surface area contributed by atoms with Crippen molar-refractivity contribution in [1.29, 1.82) is 0 Å². The van der Waals surface area contributed by atoms with Crippen LogP contribution in [-0.2, 0) is 0 Å². The number of nitrogens with zero attached hydrogens (tertiary/aromatic N) is 1. The van der Waals surface area contributed by atoms with Crippen LogP contribution < -0.4 is 10.6 Å². The molecule has 0 radical (unpaired) electrons. The lowest BCUT2D eigenvalue weighted by atomic mass is 10.2. The summed E-state index contributed by atoms with van der Waals surface area (Å²) in [5, 5.41) is 10.3. The fraction of sp³-hybridized carbons (Fsp3) is 0.625. The van der Waals surface area contributed by atoms with E-state index in [1.165, 1.54) is 0 Å². The minimum Gasteiger partial charge on any atom is -0.350 e. The summed E-state index contributed by atoms with van der Waals surface area (Å²) in [7, 11) is 0. The van der Waals surface area contributed by atoms with E-state index in [2.05, 4.69) is 15.8 Å². The third-order valence-electron chi connectivity index (χ3n) is 2.03. The van der Waals surface area contributed by atoms with E-state index in [0.717, 1.165) is 31.1 Å². The summed E-state index contributed by atoms with van der Waals surface area (Å²) >= 11 is 0. The maximum absolute atomic E-state index is 5.04. The fourth-order valence-electron chi connectivity index (χ4n) is 1.41. The summed E-state index contributed by atoms with van der Waals surface area (Å²) < 4.78 is 5.04. The fourth-order valence-corrected chi connectivity index (χ4v) is 1.41. The van der Waals surface area contributed by atoms with Gasteiger partial charge in [-0.1, -0.05) is 5.16 Å². The highest BCUT2D eigenvalue weighted by Crippen LogP contribution is 2.12. The van der Waals surface area contributed by atoms with Gasteiger partial charge in [-0.05, 0) is 19.9 Å². The Morgan fingerprint density at radius 3 is 3.25 bits per heavy atom. The number of aryl methyl sites for hydroxylation is 1. The quantitative estimate of drug-likeness (QED) is 0.682. The zero-order chi connectivity index (χ0) is 8.39. The molecule has 2 heterocycles. The van der Waals surface area contributed by atoms with Gasteiger partial charge in [0.05, 0.1) is 5.69 Å². The molecule has 0 unspecified atom stereocenters. The summed E-state index contributed by atoms with van der Waals surface area (Å²) in [4.78, 5) is 0. The molecule has 4 nitrogen and oxygen atoms in total. The third-order valence-corrected chi connectivity index (χ3v) is 2.03. The molecule has 0 bridgehead atoms. The van der Waals surface area contributed by atoms with E-state index in [1.54, 1.807) is 0 Å². The number of hydrogen-bond acceptors (Lipinski definition) is 4. The maximum atomic E-state index is 5.04. The van der Waals surface area contributed by atoms with Gasteiger partial charge in [0, 0.05) is 18.7 Å². The Kier molecular flexibility index (Phi) is 1.99. The van der Waals surface area contributed by atoms with Gasteiger partial charge in [-0.2, -0.15) is 0 Å². The average Bonchev–Trinajstić information content (AvgIpc) is 2.63. The molecule has 4 heteroatoms. The molecule has 1 saturated heterocycles. The second kappa shape index (κ2) is 3.15. The standard InChI is InChI=1S/C8H13N3O/c1-6-4-8(12-11-6)10-7-2-3-9-5-7/h4,7,9-10H,2-3,5H2,1H3/t7-/m1/s1.